The lowest BCUT2D eigenvalue weighted by molar-refractivity contribution is 0.237. The zero-order valence-corrected chi connectivity index (χ0v) is 7.40. The van der Waals surface area contributed by atoms with Gasteiger partial charge in [-0.05, 0) is 29.9 Å². The lowest BCUT2D eigenvalue weighted by atomic mass is 9.99. The Balaban J connectivity index is 2.38. The van der Waals surface area contributed by atoms with Gasteiger partial charge in [0.25, 0.3) is 0 Å². The molecule has 1 unspecified atom stereocenters. The van der Waals surface area contributed by atoms with Crippen molar-refractivity contribution in [1.29, 1.82) is 0 Å². The molecular weight excluding hydrogens is 160 g/mol. The van der Waals surface area contributed by atoms with E-state index in [-0.39, 0.29) is 0 Å². The first kappa shape index (κ1) is 8.34. The normalized spacial score (nSPS) is 17.8. The summed E-state index contributed by atoms with van der Waals surface area (Å²) in [6.07, 6.45) is 6.92. The summed E-state index contributed by atoms with van der Waals surface area (Å²) in [6.45, 7) is 0. The average Bonchev–Trinajstić information content (AvgIpc) is 3.00. The smallest absolute Gasteiger partial charge is 0.140 e. The average molecular weight is 172 g/mol. The third kappa shape index (κ3) is 1.59. The van der Waals surface area contributed by atoms with Crippen LogP contribution in [-0.2, 0) is 0 Å². The van der Waals surface area contributed by atoms with Crippen LogP contribution in [0.3, 0.4) is 0 Å². The molecule has 1 N–H and O–H groups in total. The van der Waals surface area contributed by atoms with Crippen LogP contribution in [0.2, 0.25) is 0 Å². The Labute approximate surface area is 78.4 Å². The number of hydrogen-bond donors (Lipinski definition) is 1. The van der Waals surface area contributed by atoms with Crippen LogP contribution in [0, 0.1) is 12.3 Å². The van der Waals surface area contributed by atoms with Crippen molar-refractivity contribution in [2.45, 2.75) is 24.9 Å². The van der Waals surface area contributed by atoms with E-state index in [9.17, 15) is 5.11 Å². The van der Waals surface area contributed by atoms with Gasteiger partial charge in [0.2, 0.25) is 0 Å². The zero-order chi connectivity index (χ0) is 9.26. The lowest BCUT2D eigenvalue weighted by Gasteiger charge is -2.09. The highest BCUT2D eigenvalue weighted by molar-refractivity contribution is 5.37. The Bertz CT molecular complexity index is 344. The molecule has 0 spiro atoms. The predicted octanol–water partition coefficient (Wildman–Crippen LogP) is 2.23. The topological polar surface area (TPSA) is 20.2 Å². The van der Waals surface area contributed by atoms with Crippen LogP contribution in [0.1, 0.15) is 36.0 Å². The van der Waals surface area contributed by atoms with Gasteiger partial charge in [-0.3, -0.25) is 0 Å². The fourth-order valence-electron chi connectivity index (χ4n) is 1.62. The van der Waals surface area contributed by atoms with Gasteiger partial charge in [0.05, 0.1) is 0 Å². The Morgan fingerprint density at radius 2 is 2.08 bits per heavy atom. The van der Waals surface area contributed by atoms with Crippen LogP contribution < -0.4 is 0 Å². The molecule has 1 heteroatoms. The second kappa shape index (κ2) is 3.24. The number of hydrogen-bond acceptors (Lipinski definition) is 1. The zero-order valence-electron chi connectivity index (χ0n) is 7.40. The number of terminal acetylenes is 1. The molecule has 0 saturated heterocycles. The van der Waals surface area contributed by atoms with Crippen molar-refractivity contribution in [2.24, 2.45) is 0 Å². The quantitative estimate of drug-likeness (QED) is 0.678. The molecule has 1 nitrogen and oxygen atoms in total. The first-order valence-electron chi connectivity index (χ1n) is 4.56. The Hall–Kier alpha value is -1.26. The molecule has 2 rings (SSSR count). The maximum atomic E-state index is 9.55. The highest BCUT2D eigenvalue weighted by atomic mass is 16.3. The van der Waals surface area contributed by atoms with Crippen molar-refractivity contribution in [1.82, 2.24) is 0 Å². The monoisotopic (exact) mass is 172 g/mol. The maximum Gasteiger partial charge on any atom is 0.140 e. The molecule has 0 amide bonds. The van der Waals surface area contributed by atoms with Gasteiger partial charge in [-0.2, -0.15) is 0 Å². The van der Waals surface area contributed by atoms with Crippen LogP contribution in [0.5, 0.6) is 0 Å². The van der Waals surface area contributed by atoms with E-state index in [0.717, 1.165) is 5.56 Å². The van der Waals surface area contributed by atoms with Crippen molar-refractivity contribution >= 4 is 0 Å². The summed E-state index contributed by atoms with van der Waals surface area (Å²) >= 11 is 0. The molecule has 1 atom stereocenters. The third-order valence-electron chi connectivity index (χ3n) is 2.47. The van der Waals surface area contributed by atoms with Gasteiger partial charge < -0.3 is 5.11 Å². The SMILES string of the molecule is C#CC(O)c1ccccc1C1CC1. The summed E-state index contributed by atoms with van der Waals surface area (Å²) in [5.74, 6) is 3.00. The van der Waals surface area contributed by atoms with E-state index in [4.69, 9.17) is 6.42 Å². The number of rotatable bonds is 2. The first-order valence-corrected chi connectivity index (χ1v) is 4.56. The summed E-state index contributed by atoms with van der Waals surface area (Å²) in [5, 5.41) is 9.55. The summed E-state index contributed by atoms with van der Waals surface area (Å²) in [7, 11) is 0. The summed E-state index contributed by atoms with van der Waals surface area (Å²) in [4.78, 5) is 0. The summed E-state index contributed by atoms with van der Waals surface area (Å²) in [6, 6.07) is 7.90. The molecule has 1 fully saturated rings. The third-order valence-corrected chi connectivity index (χ3v) is 2.47. The fraction of sp³-hybridized carbons (Fsp3) is 0.333. The highest BCUT2D eigenvalue weighted by Gasteiger charge is 2.26. The molecule has 1 saturated carbocycles. The van der Waals surface area contributed by atoms with Gasteiger partial charge in [0, 0.05) is 0 Å². The Kier molecular flexibility index (Phi) is 2.08. The van der Waals surface area contributed by atoms with Crippen LogP contribution in [0.25, 0.3) is 0 Å². The number of aliphatic hydroxyl groups is 1. The van der Waals surface area contributed by atoms with Crippen molar-refractivity contribution in [3.8, 4) is 12.3 Å². The molecule has 0 radical (unpaired) electrons. The minimum absolute atomic E-state index is 0.638. The van der Waals surface area contributed by atoms with Gasteiger partial charge in [-0.25, -0.2) is 0 Å². The molecule has 13 heavy (non-hydrogen) atoms. The van der Waals surface area contributed by atoms with E-state index in [1.807, 2.05) is 18.2 Å². The lowest BCUT2D eigenvalue weighted by Crippen LogP contribution is -1.98. The van der Waals surface area contributed by atoms with Crippen molar-refractivity contribution < 1.29 is 5.11 Å². The van der Waals surface area contributed by atoms with Crippen LogP contribution >= 0.6 is 0 Å². The fourth-order valence-corrected chi connectivity index (χ4v) is 1.62. The van der Waals surface area contributed by atoms with E-state index in [1.165, 1.54) is 18.4 Å². The molecule has 0 bridgehead atoms. The van der Waals surface area contributed by atoms with Gasteiger partial charge in [0.1, 0.15) is 6.10 Å². The molecular formula is C12H12O. The van der Waals surface area contributed by atoms with E-state index >= 15 is 0 Å². The van der Waals surface area contributed by atoms with E-state index < -0.39 is 6.10 Å². The van der Waals surface area contributed by atoms with Crippen molar-refractivity contribution in [3.05, 3.63) is 35.4 Å². The van der Waals surface area contributed by atoms with Crippen molar-refractivity contribution in [3.63, 3.8) is 0 Å². The molecule has 1 aliphatic carbocycles. The van der Waals surface area contributed by atoms with Gasteiger partial charge in [-0.15, -0.1) is 6.42 Å². The van der Waals surface area contributed by atoms with E-state index in [1.54, 1.807) is 0 Å². The largest absolute Gasteiger partial charge is 0.376 e. The minimum atomic E-state index is -0.739. The van der Waals surface area contributed by atoms with Crippen molar-refractivity contribution in [2.75, 3.05) is 0 Å². The van der Waals surface area contributed by atoms with E-state index in [0.29, 0.717) is 5.92 Å². The number of aliphatic hydroxyl groups excluding tert-OH is 1. The summed E-state index contributed by atoms with van der Waals surface area (Å²) < 4.78 is 0. The molecule has 1 aliphatic rings. The first-order chi connectivity index (χ1) is 6.33. The van der Waals surface area contributed by atoms with Gasteiger partial charge >= 0.3 is 0 Å². The molecule has 1 aromatic rings. The predicted molar refractivity (Wildman–Crippen MR) is 52.2 cm³/mol. The van der Waals surface area contributed by atoms with Crippen LogP contribution in [-0.4, -0.2) is 5.11 Å². The molecule has 66 valence electrons. The van der Waals surface area contributed by atoms with Crippen LogP contribution in [0.4, 0.5) is 0 Å². The highest BCUT2D eigenvalue weighted by Crippen LogP contribution is 2.42. The van der Waals surface area contributed by atoms with Gasteiger partial charge in [-0.1, -0.05) is 30.2 Å². The number of benzene rings is 1. The Morgan fingerprint density at radius 1 is 1.38 bits per heavy atom. The van der Waals surface area contributed by atoms with Crippen LogP contribution in [0.15, 0.2) is 24.3 Å². The van der Waals surface area contributed by atoms with E-state index in [2.05, 4.69) is 12.0 Å². The molecule has 0 aromatic heterocycles. The van der Waals surface area contributed by atoms with Gasteiger partial charge in [0.15, 0.2) is 0 Å². The molecule has 0 aliphatic heterocycles. The molecule has 1 aromatic carbocycles. The Morgan fingerprint density at radius 3 is 2.69 bits per heavy atom. The molecule has 0 heterocycles. The standard InChI is InChI=1S/C12H12O/c1-2-12(13)11-6-4-3-5-10(11)9-7-8-9/h1,3-6,9,12-13H,7-8H2. The minimum Gasteiger partial charge on any atom is -0.376 e. The second-order valence-corrected chi connectivity index (χ2v) is 3.47. The second-order valence-electron chi connectivity index (χ2n) is 3.47. The summed E-state index contributed by atoms with van der Waals surface area (Å²) in [5.41, 5.74) is 2.14. The maximum absolute atomic E-state index is 9.55.